The first-order valence-corrected chi connectivity index (χ1v) is 7.48. The number of benzene rings is 2. The fraction of sp³-hybridized carbons (Fsp3) is 0.294. The van der Waals surface area contributed by atoms with Crippen LogP contribution in [-0.4, -0.2) is 11.7 Å². The number of aliphatic hydroxyl groups excluding tert-OH is 1. The van der Waals surface area contributed by atoms with Gasteiger partial charge in [0.05, 0.1) is 6.61 Å². The number of nitrogens with one attached hydrogen (secondary N) is 1. The van der Waals surface area contributed by atoms with Gasteiger partial charge in [0.15, 0.2) is 0 Å². The lowest BCUT2D eigenvalue weighted by molar-refractivity contribution is 0.281. The van der Waals surface area contributed by atoms with Crippen LogP contribution in [0, 0.1) is 0 Å². The number of ether oxygens (including phenoxy) is 1. The highest BCUT2D eigenvalue weighted by molar-refractivity contribution is 6.31. The van der Waals surface area contributed by atoms with Gasteiger partial charge < -0.3 is 15.2 Å². The van der Waals surface area contributed by atoms with E-state index in [2.05, 4.69) is 12.2 Å². The molecular weight excluding hydrogens is 286 g/mol. The van der Waals surface area contributed by atoms with Gasteiger partial charge in [-0.2, -0.15) is 0 Å². The predicted molar refractivity (Wildman–Crippen MR) is 85.9 cm³/mol. The molecule has 0 atom stereocenters. The fourth-order valence-corrected chi connectivity index (χ4v) is 2.26. The Kier molecular flexibility index (Phi) is 6.05. The van der Waals surface area contributed by atoms with Crippen molar-refractivity contribution in [3.8, 4) is 11.5 Å². The maximum atomic E-state index is 9.18. The van der Waals surface area contributed by atoms with Crippen molar-refractivity contribution in [3.63, 3.8) is 0 Å². The minimum Gasteiger partial charge on any atom is -0.457 e. The van der Waals surface area contributed by atoms with Crippen LogP contribution in [0.3, 0.4) is 0 Å². The van der Waals surface area contributed by atoms with Gasteiger partial charge in [-0.25, -0.2) is 0 Å². The van der Waals surface area contributed by atoms with Crippen LogP contribution >= 0.6 is 11.6 Å². The van der Waals surface area contributed by atoms with Crippen molar-refractivity contribution in [2.45, 2.75) is 26.5 Å². The second kappa shape index (κ2) is 8.03. The smallest absolute Gasteiger partial charge is 0.133 e. The monoisotopic (exact) mass is 305 g/mol. The van der Waals surface area contributed by atoms with Crippen LogP contribution in [0.1, 0.15) is 24.5 Å². The summed E-state index contributed by atoms with van der Waals surface area (Å²) in [5, 5.41) is 13.2. The molecule has 3 nitrogen and oxygen atoms in total. The highest BCUT2D eigenvalue weighted by atomic mass is 35.5. The number of aliphatic hydroxyl groups is 1. The number of rotatable bonds is 7. The van der Waals surface area contributed by atoms with Gasteiger partial charge in [0, 0.05) is 17.1 Å². The van der Waals surface area contributed by atoms with Crippen molar-refractivity contribution in [1.82, 2.24) is 5.32 Å². The van der Waals surface area contributed by atoms with Gasteiger partial charge in [0.25, 0.3) is 0 Å². The number of hydrogen-bond donors (Lipinski definition) is 2. The fourth-order valence-electron chi connectivity index (χ4n) is 2.03. The molecule has 0 aliphatic rings. The molecule has 4 heteroatoms. The van der Waals surface area contributed by atoms with E-state index in [1.165, 1.54) is 0 Å². The van der Waals surface area contributed by atoms with Crippen molar-refractivity contribution in [1.29, 1.82) is 0 Å². The normalized spacial score (nSPS) is 10.6. The Bertz CT molecular complexity index is 587. The van der Waals surface area contributed by atoms with Gasteiger partial charge in [-0.15, -0.1) is 0 Å². The van der Waals surface area contributed by atoms with Crippen molar-refractivity contribution in [3.05, 3.63) is 58.6 Å². The zero-order chi connectivity index (χ0) is 15.1. The zero-order valence-electron chi connectivity index (χ0n) is 12.1. The Labute approximate surface area is 130 Å². The Hall–Kier alpha value is -1.55. The molecule has 112 valence electrons. The van der Waals surface area contributed by atoms with E-state index in [0.717, 1.165) is 29.8 Å². The maximum absolute atomic E-state index is 9.18. The Morgan fingerprint density at radius 1 is 1.19 bits per heavy atom. The Balaban J connectivity index is 2.20. The van der Waals surface area contributed by atoms with E-state index in [0.29, 0.717) is 17.3 Å². The number of hydrogen-bond acceptors (Lipinski definition) is 3. The molecule has 0 heterocycles. The predicted octanol–water partition coefficient (Wildman–Crippen LogP) is 4.12. The topological polar surface area (TPSA) is 41.5 Å². The molecule has 0 saturated heterocycles. The first-order valence-electron chi connectivity index (χ1n) is 7.10. The molecule has 0 aliphatic carbocycles. The lowest BCUT2D eigenvalue weighted by Crippen LogP contribution is -2.14. The molecule has 2 rings (SSSR count). The quantitative estimate of drug-likeness (QED) is 0.756. The standard InChI is InChI=1S/C17H20ClNO2/c1-2-9-19-11-15-16(18)7-4-8-17(15)21-14-6-3-5-13(10-14)12-20/h3-8,10,19-20H,2,9,11-12H2,1H3. The maximum Gasteiger partial charge on any atom is 0.133 e. The van der Waals surface area contributed by atoms with E-state index in [1.807, 2.05) is 42.5 Å². The van der Waals surface area contributed by atoms with Crippen molar-refractivity contribution in [2.24, 2.45) is 0 Å². The van der Waals surface area contributed by atoms with Gasteiger partial charge in [0.1, 0.15) is 11.5 Å². The first kappa shape index (κ1) is 15.8. The van der Waals surface area contributed by atoms with E-state index in [4.69, 9.17) is 16.3 Å². The summed E-state index contributed by atoms with van der Waals surface area (Å²) in [6.07, 6.45) is 1.07. The molecule has 0 aromatic heterocycles. The highest BCUT2D eigenvalue weighted by Crippen LogP contribution is 2.30. The van der Waals surface area contributed by atoms with E-state index in [9.17, 15) is 5.11 Å². The SMILES string of the molecule is CCCNCc1c(Cl)cccc1Oc1cccc(CO)c1. The van der Waals surface area contributed by atoms with E-state index < -0.39 is 0 Å². The molecular formula is C17H20ClNO2. The van der Waals surface area contributed by atoms with Crippen molar-refractivity contribution in [2.75, 3.05) is 6.54 Å². The molecule has 0 amide bonds. The molecule has 0 aliphatic heterocycles. The van der Waals surface area contributed by atoms with Crippen molar-refractivity contribution < 1.29 is 9.84 Å². The summed E-state index contributed by atoms with van der Waals surface area (Å²) in [5.41, 5.74) is 1.77. The van der Waals surface area contributed by atoms with Crippen LogP contribution in [-0.2, 0) is 13.2 Å². The molecule has 2 aromatic rings. The summed E-state index contributed by atoms with van der Waals surface area (Å²) in [5.74, 6) is 1.43. The lowest BCUT2D eigenvalue weighted by atomic mass is 10.2. The van der Waals surface area contributed by atoms with Gasteiger partial charge in [-0.05, 0) is 42.8 Å². The van der Waals surface area contributed by atoms with Crippen LogP contribution < -0.4 is 10.1 Å². The van der Waals surface area contributed by atoms with Crippen LogP contribution in [0.4, 0.5) is 0 Å². The Morgan fingerprint density at radius 2 is 2.00 bits per heavy atom. The van der Waals surface area contributed by atoms with Crippen LogP contribution in [0.5, 0.6) is 11.5 Å². The number of halogens is 1. The van der Waals surface area contributed by atoms with Crippen LogP contribution in [0.15, 0.2) is 42.5 Å². The van der Waals surface area contributed by atoms with E-state index in [1.54, 1.807) is 0 Å². The molecule has 0 bridgehead atoms. The third-order valence-corrected chi connectivity index (χ3v) is 3.47. The van der Waals surface area contributed by atoms with Crippen LogP contribution in [0.25, 0.3) is 0 Å². The second-order valence-electron chi connectivity index (χ2n) is 4.80. The molecule has 0 radical (unpaired) electrons. The van der Waals surface area contributed by atoms with Gasteiger partial charge in [0.2, 0.25) is 0 Å². The lowest BCUT2D eigenvalue weighted by Gasteiger charge is -2.13. The van der Waals surface area contributed by atoms with E-state index >= 15 is 0 Å². The summed E-state index contributed by atoms with van der Waals surface area (Å²) < 4.78 is 5.93. The summed E-state index contributed by atoms with van der Waals surface area (Å²) in [6.45, 7) is 3.72. The largest absolute Gasteiger partial charge is 0.457 e. The summed E-state index contributed by atoms with van der Waals surface area (Å²) in [7, 11) is 0. The zero-order valence-corrected chi connectivity index (χ0v) is 12.9. The van der Waals surface area contributed by atoms with Gasteiger partial charge in [-0.3, -0.25) is 0 Å². The molecule has 0 saturated carbocycles. The summed E-state index contributed by atoms with van der Waals surface area (Å²) in [4.78, 5) is 0. The minimum absolute atomic E-state index is 0.00232. The third-order valence-electron chi connectivity index (χ3n) is 3.11. The molecule has 2 aromatic carbocycles. The third kappa shape index (κ3) is 4.46. The summed E-state index contributed by atoms with van der Waals surface area (Å²) >= 11 is 6.27. The molecule has 0 spiro atoms. The van der Waals surface area contributed by atoms with Crippen LogP contribution in [0.2, 0.25) is 5.02 Å². The highest BCUT2D eigenvalue weighted by Gasteiger charge is 2.09. The molecule has 21 heavy (non-hydrogen) atoms. The molecule has 0 unspecified atom stereocenters. The van der Waals surface area contributed by atoms with Gasteiger partial charge >= 0.3 is 0 Å². The Morgan fingerprint density at radius 3 is 2.76 bits per heavy atom. The van der Waals surface area contributed by atoms with Crippen molar-refractivity contribution >= 4 is 11.6 Å². The summed E-state index contributed by atoms with van der Waals surface area (Å²) in [6, 6.07) is 13.0. The average molecular weight is 306 g/mol. The molecule has 2 N–H and O–H groups in total. The molecule has 0 fully saturated rings. The minimum atomic E-state index is -0.00232. The second-order valence-corrected chi connectivity index (χ2v) is 5.21. The first-order chi connectivity index (χ1) is 10.2. The van der Waals surface area contributed by atoms with Gasteiger partial charge in [-0.1, -0.05) is 36.7 Å². The van der Waals surface area contributed by atoms with E-state index in [-0.39, 0.29) is 6.61 Å². The average Bonchev–Trinajstić information content (AvgIpc) is 2.50.